The molecule has 0 aromatic rings. The van der Waals surface area contributed by atoms with Crippen LogP contribution in [0.2, 0.25) is 0 Å². The van der Waals surface area contributed by atoms with Gasteiger partial charge in [-0.2, -0.15) is 0 Å². The van der Waals surface area contributed by atoms with Crippen molar-refractivity contribution in [3.63, 3.8) is 0 Å². The third-order valence-corrected chi connectivity index (χ3v) is 2.13. The first-order chi connectivity index (χ1) is 5.13. The van der Waals surface area contributed by atoms with Gasteiger partial charge in [-0.05, 0) is 6.92 Å². The summed E-state index contributed by atoms with van der Waals surface area (Å²) in [6, 6.07) is 0. The van der Waals surface area contributed by atoms with Gasteiger partial charge in [0.1, 0.15) is 24.1 Å². The molecular weight excluding hydrogens is 148 g/mol. The first-order valence-corrected chi connectivity index (χ1v) is 3.40. The Balaban J connectivity index is 2.39. The van der Waals surface area contributed by atoms with E-state index in [-0.39, 0.29) is 17.1 Å². The number of hydrogen-bond acceptors (Lipinski definition) is 4. The lowest BCUT2D eigenvalue weighted by molar-refractivity contribution is -0.117. The van der Waals surface area contributed by atoms with Crippen LogP contribution in [0.5, 0.6) is 0 Å². The molecular formula is C7H8O4. The number of ketones is 1. The van der Waals surface area contributed by atoms with Crippen molar-refractivity contribution in [1.29, 1.82) is 0 Å². The summed E-state index contributed by atoms with van der Waals surface area (Å²) in [4.78, 5) is 11.1. The van der Waals surface area contributed by atoms with Gasteiger partial charge in [0.05, 0.1) is 0 Å². The summed E-state index contributed by atoms with van der Waals surface area (Å²) < 4.78 is 4.84. The second-order valence-corrected chi connectivity index (χ2v) is 2.84. The Kier molecular flexibility index (Phi) is 1.14. The Bertz CT molecular complexity index is 255. The van der Waals surface area contributed by atoms with Gasteiger partial charge in [0.25, 0.3) is 0 Å². The van der Waals surface area contributed by atoms with E-state index in [1.54, 1.807) is 0 Å². The van der Waals surface area contributed by atoms with Crippen LogP contribution in [0, 0.1) is 0 Å². The highest BCUT2D eigenvalue weighted by Gasteiger charge is 2.55. The number of carbonyl (C=O) groups excluding carboxylic acids is 1. The maximum absolute atomic E-state index is 11.1. The zero-order valence-corrected chi connectivity index (χ0v) is 5.94. The lowest BCUT2D eigenvalue weighted by Crippen LogP contribution is -2.30. The van der Waals surface area contributed by atoms with E-state index >= 15 is 0 Å². The van der Waals surface area contributed by atoms with E-state index in [9.17, 15) is 9.90 Å². The summed E-state index contributed by atoms with van der Waals surface area (Å²) >= 11 is 0. The summed E-state index contributed by atoms with van der Waals surface area (Å²) in [6.07, 6.45) is -2.00. The largest absolute Gasteiger partial charge is 0.509 e. The van der Waals surface area contributed by atoms with E-state index in [0.29, 0.717) is 0 Å². The Morgan fingerprint density at radius 3 is 2.82 bits per heavy atom. The zero-order chi connectivity index (χ0) is 8.17. The predicted molar refractivity (Wildman–Crippen MR) is 35.0 cm³/mol. The molecule has 1 aliphatic heterocycles. The molecule has 0 spiro atoms. The minimum Gasteiger partial charge on any atom is -0.509 e. The van der Waals surface area contributed by atoms with Gasteiger partial charge < -0.3 is 14.9 Å². The molecule has 1 fully saturated rings. The van der Waals surface area contributed by atoms with Gasteiger partial charge in [-0.3, -0.25) is 4.79 Å². The molecule has 0 aromatic heterocycles. The van der Waals surface area contributed by atoms with Gasteiger partial charge >= 0.3 is 0 Å². The third-order valence-electron chi connectivity index (χ3n) is 2.13. The number of epoxide rings is 1. The Labute approximate surface area is 63.1 Å². The fourth-order valence-corrected chi connectivity index (χ4v) is 1.29. The molecule has 1 heterocycles. The topological polar surface area (TPSA) is 70.1 Å². The van der Waals surface area contributed by atoms with Gasteiger partial charge in [-0.25, -0.2) is 0 Å². The molecule has 11 heavy (non-hydrogen) atoms. The fraction of sp³-hybridized carbons (Fsp3) is 0.571. The molecule has 0 amide bonds. The lowest BCUT2D eigenvalue weighted by atomic mass is 9.96. The SMILES string of the molecule is CC1=C(O)[C@@H](O)[C@@H]2O[C@@H]2C1=O. The normalized spacial score (nSPS) is 42.4. The van der Waals surface area contributed by atoms with Gasteiger partial charge in [0.2, 0.25) is 0 Å². The third kappa shape index (κ3) is 0.735. The number of ether oxygens (including phenoxy) is 1. The van der Waals surface area contributed by atoms with E-state index in [2.05, 4.69) is 0 Å². The average Bonchev–Trinajstić information content (AvgIpc) is 2.76. The Morgan fingerprint density at radius 2 is 2.18 bits per heavy atom. The summed E-state index contributed by atoms with van der Waals surface area (Å²) in [6.45, 7) is 1.48. The van der Waals surface area contributed by atoms with Gasteiger partial charge in [-0.1, -0.05) is 0 Å². The van der Waals surface area contributed by atoms with Crippen molar-refractivity contribution in [3.05, 3.63) is 11.3 Å². The fourth-order valence-electron chi connectivity index (χ4n) is 1.29. The van der Waals surface area contributed by atoms with Crippen molar-refractivity contribution in [2.24, 2.45) is 0 Å². The zero-order valence-electron chi connectivity index (χ0n) is 5.94. The number of fused-ring (bicyclic) bond motifs is 1. The molecule has 0 bridgehead atoms. The first kappa shape index (κ1) is 6.82. The van der Waals surface area contributed by atoms with Crippen LogP contribution < -0.4 is 0 Å². The van der Waals surface area contributed by atoms with Crippen molar-refractivity contribution in [1.82, 2.24) is 0 Å². The highest BCUT2D eigenvalue weighted by atomic mass is 16.6. The lowest BCUT2D eigenvalue weighted by Gasteiger charge is -2.13. The Hall–Kier alpha value is -0.870. The van der Waals surface area contributed by atoms with Crippen LogP contribution in [0.4, 0.5) is 0 Å². The number of hydrogen-bond donors (Lipinski definition) is 2. The van der Waals surface area contributed by atoms with Crippen molar-refractivity contribution in [3.8, 4) is 0 Å². The summed E-state index contributed by atoms with van der Waals surface area (Å²) in [5.74, 6) is -0.452. The van der Waals surface area contributed by atoms with Crippen LogP contribution in [0.25, 0.3) is 0 Å². The summed E-state index contributed by atoms with van der Waals surface area (Å²) in [5, 5.41) is 18.3. The predicted octanol–water partition coefficient (Wildman–Crippen LogP) is -0.471. The quantitative estimate of drug-likeness (QED) is 0.465. The van der Waals surface area contributed by atoms with Crippen molar-refractivity contribution < 1.29 is 19.7 Å². The smallest absolute Gasteiger partial charge is 0.193 e. The molecule has 2 N–H and O–H groups in total. The molecule has 0 aromatic carbocycles. The number of rotatable bonds is 0. The minimum atomic E-state index is -1.00. The van der Waals surface area contributed by atoms with Crippen LogP contribution in [0.15, 0.2) is 11.3 Å². The van der Waals surface area contributed by atoms with Crippen molar-refractivity contribution in [2.45, 2.75) is 25.2 Å². The average molecular weight is 156 g/mol. The number of Topliss-reactive ketones (excluding diaryl/α,β-unsaturated/α-hetero) is 1. The molecule has 2 rings (SSSR count). The van der Waals surface area contributed by atoms with Crippen LogP contribution in [-0.2, 0) is 9.53 Å². The van der Waals surface area contributed by atoms with Crippen LogP contribution >= 0.6 is 0 Å². The van der Waals surface area contributed by atoms with Crippen LogP contribution in [0.1, 0.15) is 6.92 Å². The maximum Gasteiger partial charge on any atom is 0.193 e. The maximum atomic E-state index is 11.1. The van der Waals surface area contributed by atoms with Crippen LogP contribution in [-0.4, -0.2) is 34.3 Å². The molecule has 1 saturated heterocycles. The van der Waals surface area contributed by atoms with Gasteiger partial charge in [-0.15, -0.1) is 0 Å². The number of aliphatic hydroxyl groups excluding tert-OH is 2. The molecule has 0 unspecified atom stereocenters. The molecule has 2 aliphatic rings. The van der Waals surface area contributed by atoms with Crippen molar-refractivity contribution in [2.75, 3.05) is 0 Å². The van der Waals surface area contributed by atoms with Gasteiger partial charge in [0.15, 0.2) is 5.78 Å². The van der Waals surface area contributed by atoms with Crippen LogP contribution in [0.3, 0.4) is 0 Å². The number of carbonyl (C=O) groups is 1. The summed E-state index contributed by atoms with van der Waals surface area (Å²) in [7, 11) is 0. The molecule has 4 nitrogen and oxygen atoms in total. The minimum absolute atomic E-state index is 0.210. The molecule has 3 atom stereocenters. The first-order valence-electron chi connectivity index (χ1n) is 3.40. The molecule has 0 radical (unpaired) electrons. The van der Waals surface area contributed by atoms with E-state index in [0.717, 1.165) is 0 Å². The molecule has 4 heteroatoms. The second kappa shape index (κ2) is 1.84. The molecule has 1 aliphatic carbocycles. The highest BCUT2D eigenvalue weighted by Crippen LogP contribution is 2.36. The highest BCUT2D eigenvalue weighted by molar-refractivity contribution is 6.02. The molecule has 0 saturated carbocycles. The van der Waals surface area contributed by atoms with Crippen molar-refractivity contribution >= 4 is 5.78 Å². The second-order valence-electron chi connectivity index (χ2n) is 2.84. The van der Waals surface area contributed by atoms with E-state index < -0.39 is 18.3 Å². The Morgan fingerprint density at radius 1 is 1.55 bits per heavy atom. The van der Waals surface area contributed by atoms with E-state index in [4.69, 9.17) is 9.84 Å². The van der Waals surface area contributed by atoms with E-state index in [1.165, 1.54) is 6.92 Å². The molecule has 60 valence electrons. The standard InChI is InChI=1S/C7H8O4/c1-2-3(8)5(10)7-6(11-7)4(2)9/h5-8,10H,1H3/t5-,6-,7+/m1/s1. The van der Waals surface area contributed by atoms with E-state index in [1.807, 2.05) is 0 Å². The van der Waals surface area contributed by atoms with Gasteiger partial charge in [0, 0.05) is 5.57 Å². The number of aliphatic hydroxyl groups is 2. The summed E-state index contributed by atoms with van der Waals surface area (Å²) in [5.41, 5.74) is 0.219. The monoisotopic (exact) mass is 156 g/mol.